The number of hydrogen-bond acceptors (Lipinski definition) is 5. The van der Waals surface area contributed by atoms with Gasteiger partial charge < -0.3 is 20.3 Å². The molecular weight excluding hydrogens is 346 g/mol. The Kier molecular flexibility index (Phi) is 7.27. The van der Waals surface area contributed by atoms with E-state index in [0.717, 1.165) is 10.0 Å². The minimum Gasteiger partial charge on any atom is -0.490 e. The fourth-order valence-electron chi connectivity index (χ4n) is 1.35. The Bertz CT molecular complexity index is 497. The molecule has 1 aromatic carbocycles. The second-order valence-electron chi connectivity index (χ2n) is 3.56. The van der Waals surface area contributed by atoms with Gasteiger partial charge in [-0.25, -0.2) is 0 Å². The van der Waals surface area contributed by atoms with Crippen molar-refractivity contribution < 1.29 is 14.6 Å². The third kappa shape index (κ3) is 5.32. The van der Waals surface area contributed by atoms with Gasteiger partial charge in [-0.15, -0.1) is 0 Å². The van der Waals surface area contributed by atoms with Crippen molar-refractivity contribution in [2.45, 2.75) is 6.92 Å². The van der Waals surface area contributed by atoms with Gasteiger partial charge in [0.25, 0.3) is 0 Å². The van der Waals surface area contributed by atoms with Crippen LogP contribution in [0.15, 0.2) is 21.7 Å². The molecule has 0 heterocycles. The Morgan fingerprint density at radius 2 is 2.20 bits per heavy atom. The third-order valence-corrected chi connectivity index (χ3v) is 2.87. The number of thiocarbonyl (C=S) groups is 1. The summed E-state index contributed by atoms with van der Waals surface area (Å²) in [4.78, 5) is 0. The van der Waals surface area contributed by atoms with Crippen LogP contribution in [-0.4, -0.2) is 36.3 Å². The first-order valence-electron chi connectivity index (χ1n) is 5.87. The predicted octanol–water partition coefficient (Wildman–Crippen LogP) is 1.39. The lowest BCUT2D eigenvalue weighted by atomic mass is 10.2. The van der Waals surface area contributed by atoms with Crippen molar-refractivity contribution >= 4 is 39.5 Å². The number of hydrogen-bond donors (Lipinski definition) is 3. The molecule has 0 aliphatic heterocycles. The number of halogens is 1. The number of aliphatic hydroxyl groups is 1. The highest BCUT2D eigenvalue weighted by Crippen LogP contribution is 2.33. The monoisotopic (exact) mass is 361 g/mol. The van der Waals surface area contributed by atoms with E-state index in [1.165, 1.54) is 0 Å². The van der Waals surface area contributed by atoms with Crippen LogP contribution in [0.1, 0.15) is 12.5 Å². The molecule has 110 valence electrons. The van der Waals surface area contributed by atoms with E-state index in [1.807, 2.05) is 6.92 Å². The fourth-order valence-corrected chi connectivity index (χ4v) is 1.83. The highest BCUT2D eigenvalue weighted by atomic mass is 79.9. The normalized spacial score (nSPS) is 10.6. The average Bonchev–Trinajstić information content (AvgIpc) is 2.40. The third-order valence-electron chi connectivity index (χ3n) is 2.09. The molecule has 0 atom stereocenters. The maximum Gasteiger partial charge on any atom is 0.184 e. The lowest BCUT2D eigenvalue weighted by Crippen LogP contribution is -2.24. The first-order valence-corrected chi connectivity index (χ1v) is 7.07. The molecule has 0 aliphatic rings. The Morgan fingerprint density at radius 3 is 2.80 bits per heavy atom. The van der Waals surface area contributed by atoms with Crippen LogP contribution < -0.4 is 20.6 Å². The number of hydrazone groups is 1. The Morgan fingerprint density at radius 1 is 1.50 bits per heavy atom. The van der Waals surface area contributed by atoms with Crippen molar-refractivity contribution in [1.82, 2.24) is 5.43 Å². The second-order valence-corrected chi connectivity index (χ2v) is 4.85. The summed E-state index contributed by atoms with van der Waals surface area (Å²) >= 11 is 8.06. The first kappa shape index (κ1) is 16.7. The Hall–Kier alpha value is -1.38. The van der Waals surface area contributed by atoms with Gasteiger partial charge >= 0.3 is 0 Å². The van der Waals surface area contributed by atoms with E-state index in [2.05, 4.69) is 38.7 Å². The first-order chi connectivity index (χ1) is 9.58. The number of nitrogens with zero attached hydrogens (tertiary/aromatic N) is 1. The molecule has 0 aromatic heterocycles. The molecule has 0 unspecified atom stereocenters. The van der Waals surface area contributed by atoms with Crippen molar-refractivity contribution in [1.29, 1.82) is 0 Å². The lowest BCUT2D eigenvalue weighted by molar-refractivity contribution is 0.194. The smallest absolute Gasteiger partial charge is 0.184 e. The molecule has 0 radical (unpaired) electrons. The van der Waals surface area contributed by atoms with Crippen LogP contribution in [0.25, 0.3) is 0 Å². The fraction of sp³-hybridized carbons (Fsp3) is 0.333. The van der Waals surface area contributed by atoms with E-state index in [9.17, 15) is 0 Å². The molecule has 0 saturated carbocycles. The van der Waals surface area contributed by atoms with Crippen LogP contribution in [-0.2, 0) is 0 Å². The van der Waals surface area contributed by atoms with Crippen LogP contribution in [0.2, 0.25) is 0 Å². The summed E-state index contributed by atoms with van der Waals surface area (Å²) in [6.07, 6.45) is 1.56. The average molecular weight is 362 g/mol. The summed E-state index contributed by atoms with van der Waals surface area (Å²) in [5, 5.41) is 12.8. The molecule has 0 bridgehead atoms. The number of benzene rings is 1. The summed E-state index contributed by atoms with van der Waals surface area (Å²) < 4.78 is 11.7. The second kappa shape index (κ2) is 8.72. The molecule has 1 rings (SSSR count). The summed E-state index contributed by atoms with van der Waals surface area (Å²) in [6.45, 7) is 2.51. The van der Waals surface area contributed by atoms with Crippen LogP contribution in [0, 0.1) is 0 Å². The zero-order valence-electron chi connectivity index (χ0n) is 10.9. The van der Waals surface area contributed by atoms with Gasteiger partial charge in [0, 0.05) is 10.0 Å². The standard InChI is InChI=1S/C12H16BrN3O3S/c1-2-18-10-5-8(7-15-16-12(14)20)9(13)6-11(10)19-4-3-17/h5-7,17H,2-4H2,1H3,(H3,14,16,20). The minimum atomic E-state index is -0.0652. The molecule has 4 N–H and O–H groups in total. The topological polar surface area (TPSA) is 89.1 Å². The number of nitrogens with one attached hydrogen (secondary N) is 1. The van der Waals surface area contributed by atoms with Gasteiger partial charge in [0.2, 0.25) is 0 Å². The highest BCUT2D eigenvalue weighted by Gasteiger charge is 2.09. The maximum absolute atomic E-state index is 8.81. The quantitative estimate of drug-likeness (QED) is 0.386. The van der Waals surface area contributed by atoms with Gasteiger partial charge in [0.1, 0.15) is 6.61 Å². The Balaban J connectivity index is 2.99. The zero-order valence-corrected chi connectivity index (χ0v) is 13.3. The lowest BCUT2D eigenvalue weighted by Gasteiger charge is -2.13. The molecule has 0 saturated heterocycles. The molecule has 0 spiro atoms. The SMILES string of the molecule is CCOc1cc(C=NNC(N)=S)c(Br)cc1OCCO. The van der Waals surface area contributed by atoms with Crippen LogP contribution in [0.4, 0.5) is 0 Å². The minimum absolute atomic E-state index is 0.0652. The van der Waals surface area contributed by atoms with Gasteiger partial charge in [-0.1, -0.05) is 0 Å². The Labute approximate surface area is 131 Å². The van der Waals surface area contributed by atoms with Gasteiger partial charge in [-0.2, -0.15) is 5.10 Å². The molecule has 6 nitrogen and oxygen atoms in total. The number of aliphatic hydroxyl groups excluding tert-OH is 1. The summed E-state index contributed by atoms with van der Waals surface area (Å²) in [6, 6.07) is 3.52. The van der Waals surface area contributed by atoms with Crippen molar-refractivity contribution in [3.05, 3.63) is 22.2 Å². The van der Waals surface area contributed by atoms with E-state index < -0.39 is 0 Å². The molecule has 0 aliphatic carbocycles. The predicted molar refractivity (Wildman–Crippen MR) is 85.4 cm³/mol. The van der Waals surface area contributed by atoms with Crippen molar-refractivity contribution in [2.75, 3.05) is 19.8 Å². The van der Waals surface area contributed by atoms with Crippen LogP contribution in [0.5, 0.6) is 11.5 Å². The van der Waals surface area contributed by atoms with Crippen LogP contribution in [0.3, 0.4) is 0 Å². The van der Waals surface area contributed by atoms with E-state index in [0.29, 0.717) is 18.1 Å². The van der Waals surface area contributed by atoms with Crippen molar-refractivity contribution in [3.63, 3.8) is 0 Å². The summed E-state index contributed by atoms with van der Waals surface area (Å²) in [7, 11) is 0. The molecule has 8 heteroatoms. The summed E-state index contributed by atoms with van der Waals surface area (Å²) in [5.41, 5.74) is 8.52. The molecule has 0 fully saturated rings. The van der Waals surface area contributed by atoms with E-state index >= 15 is 0 Å². The van der Waals surface area contributed by atoms with Gasteiger partial charge in [-0.3, -0.25) is 5.43 Å². The number of ether oxygens (including phenoxy) is 2. The number of rotatable bonds is 7. The highest BCUT2D eigenvalue weighted by molar-refractivity contribution is 9.10. The summed E-state index contributed by atoms with van der Waals surface area (Å²) in [5.74, 6) is 1.12. The zero-order chi connectivity index (χ0) is 15.0. The van der Waals surface area contributed by atoms with Gasteiger partial charge in [-0.05, 0) is 47.2 Å². The number of nitrogens with two attached hydrogens (primary N) is 1. The van der Waals surface area contributed by atoms with E-state index in [-0.39, 0.29) is 18.3 Å². The molecule has 0 amide bonds. The van der Waals surface area contributed by atoms with Gasteiger partial charge in [0.05, 0.1) is 19.4 Å². The molecule has 20 heavy (non-hydrogen) atoms. The van der Waals surface area contributed by atoms with E-state index in [4.69, 9.17) is 20.3 Å². The largest absolute Gasteiger partial charge is 0.490 e. The van der Waals surface area contributed by atoms with Crippen LogP contribution >= 0.6 is 28.1 Å². The molecular formula is C12H16BrN3O3S. The van der Waals surface area contributed by atoms with Crippen molar-refractivity contribution in [2.24, 2.45) is 10.8 Å². The van der Waals surface area contributed by atoms with E-state index in [1.54, 1.807) is 18.3 Å². The maximum atomic E-state index is 8.81. The molecule has 1 aromatic rings. The van der Waals surface area contributed by atoms with Crippen molar-refractivity contribution in [3.8, 4) is 11.5 Å². The van der Waals surface area contributed by atoms with Gasteiger partial charge in [0.15, 0.2) is 16.6 Å².